The molecule has 0 aliphatic carbocycles. The molecule has 0 amide bonds. The van der Waals surface area contributed by atoms with Crippen LogP contribution in [0.2, 0.25) is 0 Å². The first-order valence-corrected chi connectivity index (χ1v) is 4.74. The first-order valence-electron chi connectivity index (χ1n) is 4.22. The summed E-state index contributed by atoms with van der Waals surface area (Å²) in [7, 11) is 4.16. The van der Waals surface area contributed by atoms with E-state index in [1.165, 1.54) is 0 Å². The Morgan fingerprint density at radius 2 is 1.82 bits per heavy atom. The lowest BCUT2D eigenvalue weighted by Crippen LogP contribution is -2.44. The number of nitrogens with one attached hydrogen (secondary N) is 1. The van der Waals surface area contributed by atoms with E-state index in [1.54, 1.807) is 0 Å². The molecule has 0 aliphatic heterocycles. The van der Waals surface area contributed by atoms with Crippen LogP contribution in [0.3, 0.4) is 0 Å². The van der Waals surface area contributed by atoms with Crippen molar-refractivity contribution in [2.24, 2.45) is 0 Å². The standard InChI is InChI=1S/C8H20N2S/c1-5-7(10(3)4)9-8(11)6-2/h7-9,11H,5-6H2,1-4H3. The summed E-state index contributed by atoms with van der Waals surface area (Å²) in [6.45, 7) is 4.31. The van der Waals surface area contributed by atoms with E-state index in [1.807, 2.05) is 0 Å². The SMILES string of the molecule is CCC(S)NC(CC)N(C)C. The molecule has 0 aromatic heterocycles. The largest absolute Gasteiger partial charge is 0.294 e. The molecule has 0 saturated heterocycles. The third-order valence-corrected chi connectivity index (χ3v) is 2.30. The Morgan fingerprint density at radius 1 is 1.27 bits per heavy atom. The van der Waals surface area contributed by atoms with Crippen LogP contribution in [0.5, 0.6) is 0 Å². The Bertz CT molecular complexity index is 96.1. The lowest BCUT2D eigenvalue weighted by molar-refractivity contribution is 0.234. The van der Waals surface area contributed by atoms with E-state index in [0.29, 0.717) is 11.5 Å². The molecule has 0 saturated carbocycles. The maximum Gasteiger partial charge on any atom is 0.0597 e. The highest BCUT2D eigenvalue weighted by Gasteiger charge is 2.10. The van der Waals surface area contributed by atoms with Crippen molar-refractivity contribution in [1.29, 1.82) is 0 Å². The van der Waals surface area contributed by atoms with Gasteiger partial charge in [-0.2, -0.15) is 12.6 Å². The van der Waals surface area contributed by atoms with E-state index in [0.717, 1.165) is 12.8 Å². The van der Waals surface area contributed by atoms with Crippen LogP contribution in [0.25, 0.3) is 0 Å². The summed E-state index contributed by atoms with van der Waals surface area (Å²) in [4.78, 5) is 2.18. The molecule has 0 rings (SSSR count). The van der Waals surface area contributed by atoms with Crippen LogP contribution >= 0.6 is 12.6 Å². The maximum absolute atomic E-state index is 4.38. The van der Waals surface area contributed by atoms with Crippen LogP contribution in [-0.4, -0.2) is 30.5 Å². The van der Waals surface area contributed by atoms with Crippen molar-refractivity contribution < 1.29 is 0 Å². The van der Waals surface area contributed by atoms with E-state index in [9.17, 15) is 0 Å². The second-order valence-corrected chi connectivity index (χ2v) is 3.60. The smallest absolute Gasteiger partial charge is 0.0597 e. The van der Waals surface area contributed by atoms with Gasteiger partial charge in [-0.05, 0) is 26.9 Å². The molecule has 68 valence electrons. The van der Waals surface area contributed by atoms with Gasteiger partial charge in [-0.15, -0.1) is 0 Å². The van der Waals surface area contributed by atoms with Gasteiger partial charge < -0.3 is 0 Å². The third kappa shape index (κ3) is 4.67. The molecule has 0 spiro atoms. The van der Waals surface area contributed by atoms with E-state index < -0.39 is 0 Å². The minimum absolute atomic E-state index is 0.322. The first-order chi connectivity index (χ1) is 5.11. The fraction of sp³-hybridized carbons (Fsp3) is 1.00. The van der Waals surface area contributed by atoms with Crippen LogP contribution < -0.4 is 5.32 Å². The Balaban J connectivity index is 3.68. The molecule has 11 heavy (non-hydrogen) atoms. The summed E-state index contributed by atoms with van der Waals surface area (Å²) in [6, 6.07) is 0. The van der Waals surface area contributed by atoms with Crippen LogP contribution in [0.1, 0.15) is 26.7 Å². The van der Waals surface area contributed by atoms with Crippen LogP contribution in [0.15, 0.2) is 0 Å². The van der Waals surface area contributed by atoms with Gasteiger partial charge in [0.1, 0.15) is 0 Å². The highest BCUT2D eigenvalue weighted by atomic mass is 32.1. The van der Waals surface area contributed by atoms with Crippen molar-refractivity contribution in [3.05, 3.63) is 0 Å². The zero-order valence-corrected chi connectivity index (χ0v) is 8.86. The lowest BCUT2D eigenvalue weighted by Gasteiger charge is -2.26. The summed E-state index contributed by atoms with van der Waals surface area (Å²) in [5.41, 5.74) is 0. The molecule has 1 N–H and O–H groups in total. The van der Waals surface area contributed by atoms with Crippen LogP contribution in [0.4, 0.5) is 0 Å². The molecule has 0 aromatic carbocycles. The predicted molar refractivity (Wildman–Crippen MR) is 54.0 cm³/mol. The average molecular weight is 176 g/mol. The van der Waals surface area contributed by atoms with Crippen molar-refractivity contribution in [2.75, 3.05) is 14.1 Å². The number of thiol groups is 1. The van der Waals surface area contributed by atoms with Crippen molar-refractivity contribution in [3.8, 4) is 0 Å². The number of nitrogens with zero attached hydrogens (tertiary/aromatic N) is 1. The Kier molecular flexibility index (Phi) is 6.01. The van der Waals surface area contributed by atoms with E-state index in [4.69, 9.17) is 0 Å². The summed E-state index contributed by atoms with van der Waals surface area (Å²) in [5, 5.41) is 3.73. The molecule has 2 unspecified atom stereocenters. The summed E-state index contributed by atoms with van der Waals surface area (Å²) < 4.78 is 0. The Morgan fingerprint density at radius 3 is 2.09 bits per heavy atom. The molecule has 3 heteroatoms. The quantitative estimate of drug-likeness (QED) is 0.488. The van der Waals surface area contributed by atoms with Gasteiger partial charge in [-0.25, -0.2) is 0 Å². The highest BCUT2D eigenvalue weighted by molar-refractivity contribution is 7.80. The predicted octanol–water partition coefficient (Wildman–Crippen LogP) is 1.54. The minimum Gasteiger partial charge on any atom is -0.294 e. The Hall–Kier alpha value is 0.270. The topological polar surface area (TPSA) is 15.3 Å². The minimum atomic E-state index is 0.322. The molecule has 0 aromatic rings. The molecular weight excluding hydrogens is 156 g/mol. The molecule has 2 atom stereocenters. The van der Waals surface area contributed by atoms with Gasteiger partial charge in [0, 0.05) is 0 Å². The molecule has 0 aliphatic rings. The van der Waals surface area contributed by atoms with Gasteiger partial charge >= 0.3 is 0 Å². The second kappa shape index (κ2) is 5.86. The van der Waals surface area contributed by atoms with Crippen molar-refractivity contribution >= 4 is 12.6 Å². The maximum atomic E-state index is 4.38. The van der Waals surface area contributed by atoms with E-state index >= 15 is 0 Å². The monoisotopic (exact) mass is 176 g/mol. The lowest BCUT2D eigenvalue weighted by atomic mass is 10.3. The van der Waals surface area contributed by atoms with Crippen molar-refractivity contribution in [3.63, 3.8) is 0 Å². The van der Waals surface area contributed by atoms with Crippen molar-refractivity contribution in [2.45, 2.75) is 38.2 Å². The number of hydrogen-bond donors (Lipinski definition) is 2. The molecule has 2 nitrogen and oxygen atoms in total. The van der Waals surface area contributed by atoms with Gasteiger partial charge in [0.05, 0.1) is 11.5 Å². The number of hydrogen-bond acceptors (Lipinski definition) is 3. The van der Waals surface area contributed by atoms with Crippen LogP contribution in [-0.2, 0) is 0 Å². The molecule has 0 heterocycles. The fourth-order valence-electron chi connectivity index (χ4n) is 0.972. The van der Waals surface area contributed by atoms with Crippen LogP contribution in [0, 0.1) is 0 Å². The van der Waals surface area contributed by atoms with Gasteiger partial charge in [0.15, 0.2) is 0 Å². The summed E-state index contributed by atoms with van der Waals surface area (Å²) >= 11 is 4.38. The van der Waals surface area contributed by atoms with E-state index in [2.05, 4.69) is 50.8 Å². The molecule has 0 bridgehead atoms. The average Bonchev–Trinajstić information content (AvgIpc) is 1.99. The van der Waals surface area contributed by atoms with Gasteiger partial charge in [0.25, 0.3) is 0 Å². The van der Waals surface area contributed by atoms with Gasteiger partial charge in [0.2, 0.25) is 0 Å². The number of rotatable bonds is 5. The molecule has 0 fully saturated rings. The third-order valence-electron chi connectivity index (χ3n) is 1.78. The Labute approximate surface area is 75.8 Å². The van der Waals surface area contributed by atoms with E-state index in [-0.39, 0.29) is 0 Å². The second-order valence-electron chi connectivity index (χ2n) is 2.98. The summed E-state index contributed by atoms with van der Waals surface area (Å²) in [5.74, 6) is 0. The molecule has 0 radical (unpaired) electrons. The zero-order valence-electron chi connectivity index (χ0n) is 7.96. The molecular formula is C8H20N2S. The normalized spacial score (nSPS) is 16.9. The first kappa shape index (κ1) is 11.3. The highest BCUT2D eigenvalue weighted by Crippen LogP contribution is 2.01. The summed E-state index contributed by atoms with van der Waals surface area (Å²) in [6.07, 6.45) is 2.63. The van der Waals surface area contributed by atoms with Crippen molar-refractivity contribution in [1.82, 2.24) is 10.2 Å². The zero-order chi connectivity index (χ0) is 8.85. The van der Waals surface area contributed by atoms with Gasteiger partial charge in [-0.1, -0.05) is 13.8 Å². The van der Waals surface area contributed by atoms with Gasteiger partial charge in [-0.3, -0.25) is 10.2 Å². The fourth-order valence-corrected chi connectivity index (χ4v) is 1.14.